The van der Waals surface area contributed by atoms with E-state index in [2.05, 4.69) is 31.2 Å². The average molecular weight is 356 g/mol. The van der Waals surface area contributed by atoms with Crippen LogP contribution in [0.4, 0.5) is 10.1 Å². The first-order valence-electron chi connectivity index (χ1n) is 6.18. The van der Waals surface area contributed by atoms with Crippen molar-refractivity contribution in [3.8, 4) is 11.8 Å². The van der Waals surface area contributed by atoms with Crippen LogP contribution in [0.2, 0.25) is 0 Å². The van der Waals surface area contributed by atoms with Gasteiger partial charge in [0.15, 0.2) is 0 Å². The predicted octanol–water partition coefficient (Wildman–Crippen LogP) is 3.32. The van der Waals surface area contributed by atoms with Crippen LogP contribution in [0.3, 0.4) is 0 Å². The Morgan fingerprint density at radius 1 is 1.19 bits per heavy atom. The van der Waals surface area contributed by atoms with E-state index in [1.807, 2.05) is 6.92 Å². The third-order valence-electron chi connectivity index (χ3n) is 2.98. The van der Waals surface area contributed by atoms with Crippen molar-refractivity contribution < 1.29 is 13.9 Å². The summed E-state index contributed by atoms with van der Waals surface area (Å²) in [5, 5.41) is 3.15. The van der Waals surface area contributed by atoms with Gasteiger partial charge in [-0.15, -0.1) is 0 Å². The highest BCUT2D eigenvalue weighted by atomic mass is 79.9. The van der Waals surface area contributed by atoms with Crippen molar-refractivity contribution >= 4 is 21.6 Å². The van der Waals surface area contributed by atoms with Gasteiger partial charge in [-0.1, -0.05) is 0 Å². The molecule has 2 aromatic rings. The lowest BCUT2D eigenvalue weighted by molar-refractivity contribution is 0.363. The van der Waals surface area contributed by atoms with E-state index in [0.29, 0.717) is 34.0 Å². The lowest BCUT2D eigenvalue weighted by atomic mass is 10.2. The number of benzene rings is 1. The maximum Gasteiger partial charge on any atom is 0.225 e. The van der Waals surface area contributed by atoms with Crippen molar-refractivity contribution in [2.24, 2.45) is 0 Å². The van der Waals surface area contributed by atoms with Crippen molar-refractivity contribution in [1.82, 2.24) is 9.97 Å². The quantitative estimate of drug-likeness (QED) is 0.891. The van der Waals surface area contributed by atoms with Gasteiger partial charge in [0.25, 0.3) is 0 Å². The highest BCUT2D eigenvalue weighted by Crippen LogP contribution is 2.27. The van der Waals surface area contributed by atoms with Gasteiger partial charge in [0.05, 0.1) is 30.8 Å². The second kappa shape index (κ2) is 6.71. The molecule has 1 heterocycles. The first kappa shape index (κ1) is 15.5. The second-order valence-electron chi connectivity index (χ2n) is 4.31. The molecule has 1 N–H and O–H groups in total. The van der Waals surface area contributed by atoms with Crippen molar-refractivity contribution in [2.75, 3.05) is 19.5 Å². The van der Waals surface area contributed by atoms with Gasteiger partial charge in [-0.25, -0.2) is 14.4 Å². The molecule has 0 bridgehead atoms. The van der Waals surface area contributed by atoms with Gasteiger partial charge in [-0.2, -0.15) is 0 Å². The normalized spacial score (nSPS) is 10.3. The van der Waals surface area contributed by atoms with Crippen LogP contribution in [0.25, 0.3) is 0 Å². The summed E-state index contributed by atoms with van der Waals surface area (Å²) in [4.78, 5) is 8.07. The molecule has 1 aromatic carbocycles. The first-order valence-corrected chi connectivity index (χ1v) is 6.97. The molecular formula is C14H15BrFN3O2. The van der Waals surface area contributed by atoms with Crippen LogP contribution in [0.1, 0.15) is 11.1 Å². The van der Waals surface area contributed by atoms with E-state index in [4.69, 9.17) is 9.47 Å². The number of hydrogen-bond donors (Lipinski definition) is 1. The molecule has 0 amide bonds. The summed E-state index contributed by atoms with van der Waals surface area (Å²) < 4.78 is 24.4. The van der Waals surface area contributed by atoms with Crippen molar-refractivity contribution in [2.45, 2.75) is 13.5 Å². The molecule has 5 nitrogen and oxygen atoms in total. The lowest BCUT2D eigenvalue weighted by Gasteiger charge is -2.14. The molecule has 0 radical (unpaired) electrons. The van der Waals surface area contributed by atoms with Crippen molar-refractivity contribution in [3.63, 3.8) is 0 Å². The summed E-state index contributed by atoms with van der Waals surface area (Å²) in [7, 11) is 3.05. The lowest BCUT2D eigenvalue weighted by Crippen LogP contribution is -2.07. The summed E-state index contributed by atoms with van der Waals surface area (Å²) in [6.07, 6.45) is 1.37. The van der Waals surface area contributed by atoms with Gasteiger partial charge in [-0.05, 0) is 40.5 Å². The number of aromatic nitrogens is 2. The molecule has 1 aromatic heterocycles. The van der Waals surface area contributed by atoms with Crippen LogP contribution in [-0.4, -0.2) is 24.2 Å². The zero-order valence-electron chi connectivity index (χ0n) is 11.9. The van der Waals surface area contributed by atoms with E-state index < -0.39 is 0 Å². The van der Waals surface area contributed by atoms with E-state index in [1.54, 1.807) is 6.07 Å². The summed E-state index contributed by atoms with van der Waals surface area (Å²) in [6.45, 7) is 2.25. The Morgan fingerprint density at radius 3 is 2.38 bits per heavy atom. The first-order chi connectivity index (χ1) is 10.1. The van der Waals surface area contributed by atoms with E-state index in [1.165, 1.54) is 26.6 Å². The molecular weight excluding hydrogens is 341 g/mol. The van der Waals surface area contributed by atoms with E-state index in [9.17, 15) is 4.39 Å². The van der Waals surface area contributed by atoms with Crippen LogP contribution in [0.15, 0.2) is 22.9 Å². The highest BCUT2D eigenvalue weighted by molar-refractivity contribution is 9.10. The Bertz CT molecular complexity index is 630. The Morgan fingerprint density at radius 2 is 1.81 bits per heavy atom. The summed E-state index contributed by atoms with van der Waals surface area (Å²) in [6, 6.07) is 3.15. The number of ether oxygens (including phenoxy) is 2. The Kier molecular flexibility index (Phi) is 4.95. The van der Waals surface area contributed by atoms with Gasteiger partial charge in [0.1, 0.15) is 12.1 Å². The molecule has 21 heavy (non-hydrogen) atoms. The number of nitrogens with zero attached hydrogens (tertiary/aromatic N) is 2. The number of rotatable bonds is 5. The molecule has 7 heteroatoms. The monoisotopic (exact) mass is 355 g/mol. The number of methoxy groups -OCH3 is 2. The van der Waals surface area contributed by atoms with Gasteiger partial charge in [-0.3, -0.25) is 0 Å². The minimum absolute atomic E-state index is 0.327. The van der Waals surface area contributed by atoms with Crippen molar-refractivity contribution in [1.29, 1.82) is 0 Å². The maximum absolute atomic E-state index is 13.6. The minimum Gasteiger partial charge on any atom is -0.481 e. The number of nitrogens with one attached hydrogen (secondary N) is 1. The second-order valence-corrected chi connectivity index (χ2v) is 5.16. The van der Waals surface area contributed by atoms with E-state index >= 15 is 0 Å². The standard InChI is InChI=1S/C14H15BrFN3O2/c1-8-4-10(15)11(16)5-12(8)17-6-9-13(20-2)18-7-19-14(9)21-3/h4-5,7,17H,6H2,1-3H3. The van der Waals surface area contributed by atoms with Crippen LogP contribution in [0.5, 0.6) is 11.8 Å². The third-order valence-corrected chi connectivity index (χ3v) is 3.58. The van der Waals surface area contributed by atoms with Gasteiger partial charge in [0, 0.05) is 5.69 Å². The van der Waals surface area contributed by atoms with Crippen LogP contribution >= 0.6 is 15.9 Å². The smallest absolute Gasteiger partial charge is 0.225 e. The molecule has 112 valence electrons. The largest absolute Gasteiger partial charge is 0.481 e. The summed E-state index contributed by atoms with van der Waals surface area (Å²) in [5.74, 6) is 0.514. The zero-order valence-corrected chi connectivity index (χ0v) is 13.5. The molecule has 0 fully saturated rings. The maximum atomic E-state index is 13.6. The molecule has 0 aliphatic rings. The SMILES string of the molecule is COc1ncnc(OC)c1CNc1cc(F)c(Br)cc1C. The molecule has 0 aliphatic carbocycles. The fourth-order valence-corrected chi connectivity index (χ4v) is 2.36. The Labute approximate surface area is 130 Å². The van der Waals surface area contributed by atoms with E-state index in [-0.39, 0.29) is 5.82 Å². The fraction of sp³-hybridized carbons (Fsp3) is 0.286. The zero-order chi connectivity index (χ0) is 15.4. The van der Waals surface area contributed by atoms with Crippen LogP contribution < -0.4 is 14.8 Å². The molecule has 2 rings (SSSR count). The van der Waals surface area contributed by atoms with Crippen molar-refractivity contribution in [3.05, 3.63) is 39.9 Å². The number of aryl methyl sites for hydroxylation is 1. The summed E-state index contributed by atoms with van der Waals surface area (Å²) >= 11 is 3.16. The van der Waals surface area contributed by atoms with Gasteiger partial charge >= 0.3 is 0 Å². The molecule has 0 atom stereocenters. The fourth-order valence-electron chi connectivity index (χ4n) is 1.90. The minimum atomic E-state index is -0.327. The Hall–Kier alpha value is -1.89. The average Bonchev–Trinajstić information content (AvgIpc) is 2.49. The molecule has 0 spiro atoms. The number of halogens is 2. The Balaban J connectivity index is 2.26. The predicted molar refractivity (Wildman–Crippen MR) is 81.3 cm³/mol. The molecule has 0 unspecified atom stereocenters. The molecule has 0 aliphatic heterocycles. The van der Waals surface area contributed by atoms with Gasteiger partial charge in [0.2, 0.25) is 11.8 Å². The number of anilines is 1. The number of hydrogen-bond acceptors (Lipinski definition) is 5. The van der Waals surface area contributed by atoms with Crippen LogP contribution in [0, 0.1) is 12.7 Å². The molecule has 0 saturated heterocycles. The van der Waals surface area contributed by atoms with Gasteiger partial charge < -0.3 is 14.8 Å². The topological polar surface area (TPSA) is 56.3 Å². The third kappa shape index (κ3) is 3.41. The highest BCUT2D eigenvalue weighted by Gasteiger charge is 2.13. The van der Waals surface area contributed by atoms with E-state index in [0.717, 1.165) is 5.56 Å². The van der Waals surface area contributed by atoms with Crippen LogP contribution in [-0.2, 0) is 6.54 Å². The molecule has 0 saturated carbocycles. The summed E-state index contributed by atoms with van der Waals surface area (Å²) in [5.41, 5.74) is 2.27.